The largest absolute Gasteiger partial charge is 0.395 e. The van der Waals surface area contributed by atoms with E-state index in [-0.39, 0.29) is 17.9 Å². The first-order chi connectivity index (χ1) is 7.71. The molecule has 16 heavy (non-hydrogen) atoms. The first-order valence-electron chi connectivity index (χ1n) is 5.11. The zero-order valence-corrected chi connectivity index (χ0v) is 10.3. The Balaban J connectivity index is 2.69. The number of rotatable bonds is 5. The van der Waals surface area contributed by atoms with E-state index in [4.69, 9.17) is 10.4 Å². The minimum Gasteiger partial charge on any atom is -0.395 e. The summed E-state index contributed by atoms with van der Waals surface area (Å²) in [6.07, 6.45) is 1.98. The highest BCUT2D eigenvalue weighted by molar-refractivity contribution is 7.99. The smallest absolute Gasteiger partial charge is 0.0992 e. The molecule has 2 unspecified atom stereocenters. The van der Waals surface area contributed by atoms with Crippen LogP contribution in [0, 0.1) is 11.3 Å². The summed E-state index contributed by atoms with van der Waals surface area (Å²) in [4.78, 5) is 0. The molecule has 0 fully saturated rings. The molecule has 1 aromatic carbocycles. The number of benzene rings is 1. The van der Waals surface area contributed by atoms with Crippen LogP contribution in [0.25, 0.3) is 0 Å². The fraction of sp³-hybridized carbons (Fsp3) is 0.417. The number of hydrogen-bond donors (Lipinski definition) is 2. The molecule has 2 atom stereocenters. The van der Waals surface area contributed by atoms with E-state index in [0.717, 1.165) is 5.69 Å². The zero-order valence-electron chi connectivity index (χ0n) is 9.47. The second-order valence-corrected chi connectivity index (χ2v) is 4.66. The highest BCUT2D eigenvalue weighted by Crippen LogP contribution is 2.17. The van der Waals surface area contributed by atoms with E-state index in [0.29, 0.717) is 5.56 Å². The Hall–Kier alpha value is -1.18. The monoisotopic (exact) mass is 236 g/mol. The summed E-state index contributed by atoms with van der Waals surface area (Å²) in [5.74, 6) is 0. The van der Waals surface area contributed by atoms with Crippen molar-refractivity contribution in [1.82, 2.24) is 0 Å². The van der Waals surface area contributed by atoms with Crippen LogP contribution in [0.4, 0.5) is 5.69 Å². The molecule has 0 amide bonds. The van der Waals surface area contributed by atoms with Gasteiger partial charge in [-0.2, -0.15) is 17.0 Å². The number of thioether (sulfide) groups is 1. The van der Waals surface area contributed by atoms with Crippen LogP contribution in [-0.4, -0.2) is 29.3 Å². The van der Waals surface area contributed by atoms with Gasteiger partial charge >= 0.3 is 0 Å². The van der Waals surface area contributed by atoms with E-state index in [9.17, 15) is 0 Å². The van der Waals surface area contributed by atoms with E-state index in [1.165, 1.54) is 0 Å². The van der Waals surface area contributed by atoms with Crippen molar-refractivity contribution >= 4 is 17.4 Å². The van der Waals surface area contributed by atoms with Crippen LogP contribution >= 0.6 is 11.8 Å². The Morgan fingerprint density at radius 3 is 2.88 bits per heavy atom. The zero-order chi connectivity index (χ0) is 12.0. The second-order valence-electron chi connectivity index (χ2n) is 3.58. The van der Waals surface area contributed by atoms with Crippen LogP contribution in [0.15, 0.2) is 24.3 Å². The summed E-state index contributed by atoms with van der Waals surface area (Å²) in [6.45, 7) is 2.17. The fourth-order valence-electron chi connectivity index (χ4n) is 1.47. The van der Waals surface area contributed by atoms with Crippen molar-refractivity contribution < 1.29 is 5.11 Å². The third-order valence-corrected chi connectivity index (χ3v) is 3.59. The third-order valence-electron chi connectivity index (χ3n) is 2.43. The van der Waals surface area contributed by atoms with E-state index >= 15 is 0 Å². The minimum absolute atomic E-state index is 0.146. The highest BCUT2D eigenvalue weighted by Gasteiger charge is 2.14. The summed E-state index contributed by atoms with van der Waals surface area (Å²) in [5, 5.41) is 21.4. The molecule has 0 aliphatic carbocycles. The lowest BCUT2D eigenvalue weighted by molar-refractivity contribution is 0.288. The predicted octanol–water partition coefficient (Wildman–Crippen LogP) is 2.08. The lowest BCUT2D eigenvalue weighted by Crippen LogP contribution is -2.30. The van der Waals surface area contributed by atoms with Crippen LogP contribution in [0.1, 0.15) is 12.5 Å². The summed E-state index contributed by atoms with van der Waals surface area (Å²) < 4.78 is 0. The number of hydrogen-bond acceptors (Lipinski definition) is 4. The first kappa shape index (κ1) is 12.9. The standard InChI is InChI=1S/C12H16N2OS/c1-9(12(8-15)16-2)14-11-5-3-4-10(6-11)7-13/h3-6,9,12,14-15H,8H2,1-2H3. The maximum Gasteiger partial charge on any atom is 0.0992 e. The molecule has 0 saturated carbocycles. The molecular formula is C12H16N2OS. The molecule has 2 N–H and O–H groups in total. The molecule has 0 spiro atoms. The molecule has 1 rings (SSSR count). The Bertz CT molecular complexity index is 372. The number of nitrogens with zero attached hydrogens (tertiary/aromatic N) is 1. The minimum atomic E-state index is 0.146. The molecule has 86 valence electrons. The Morgan fingerprint density at radius 2 is 2.31 bits per heavy atom. The van der Waals surface area contributed by atoms with Crippen LogP contribution in [0.5, 0.6) is 0 Å². The molecule has 0 aliphatic rings. The molecular weight excluding hydrogens is 220 g/mol. The van der Waals surface area contributed by atoms with Crippen molar-refractivity contribution in [2.24, 2.45) is 0 Å². The normalized spacial score (nSPS) is 13.9. The van der Waals surface area contributed by atoms with Crippen molar-refractivity contribution in [2.45, 2.75) is 18.2 Å². The molecule has 0 aromatic heterocycles. The van der Waals surface area contributed by atoms with Crippen molar-refractivity contribution in [3.8, 4) is 6.07 Å². The van der Waals surface area contributed by atoms with Crippen LogP contribution in [-0.2, 0) is 0 Å². The molecule has 0 radical (unpaired) electrons. The van der Waals surface area contributed by atoms with Crippen LogP contribution < -0.4 is 5.32 Å². The highest BCUT2D eigenvalue weighted by atomic mass is 32.2. The molecule has 3 nitrogen and oxygen atoms in total. The summed E-state index contributed by atoms with van der Waals surface area (Å²) >= 11 is 1.63. The third kappa shape index (κ3) is 3.44. The summed E-state index contributed by atoms with van der Waals surface area (Å²) in [7, 11) is 0. The van der Waals surface area contributed by atoms with Crippen LogP contribution in [0.3, 0.4) is 0 Å². The number of nitrogens with one attached hydrogen (secondary N) is 1. The van der Waals surface area contributed by atoms with E-state index < -0.39 is 0 Å². The van der Waals surface area contributed by atoms with Crippen LogP contribution in [0.2, 0.25) is 0 Å². The summed E-state index contributed by atoms with van der Waals surface area (Å²) in [6, 6.07) is 9.62. The topological polar surface area (TPSA) is 56.0 Å². The predicted molar refractivity (Wildman–Crippen MR) is 68.6 cm³/mol. The van der Waals surface area contributed by atoms with Crippen molar-refractivity contribution in [2.75, 3.05) is 18.2 Å². The average Bonchev–Trinajstić information content (AvgIpc) is 2.31. The maximum atomic E-state index is 9.16. The van der Waals surface area contributed by atoms with Gasteiger partial charge in [-0.3, -0.25) is 0 Å². The molecule has 0 aliphatic heterocycles. The first-order valence-corrected chi connectivity index (χ1v) is 6.40. The van der Waals surface area contributed by atoms with E-state index in [1.54, 1.807) is 17.8 Å². The van der Waals surface area contributed by atoms with Gasteiger partial charge in [0.25, 0.3) is 0 Å². The molecule has 4 heteroatoms. The van der Waals surface area contributed by atoms with Crippen molar-refractivity contribution in [3.63, 3.8) is 0 Å². The van der Waals surface area contributed by atoms with Gasteiger partial charge in [0.1, 0.15) is 0 Å². The maximum absolute atomic E-state index is 9.16. The van der Waals surface area contributed by atoms with Gasteiger partial charge in [0.05, 0.1) is 18.2 Å². The number of aliphatic hydroxyl groups is 1. The summed E-state index contributed by atoms with van der Waals surface area (Å²) in [5.41, 5.74) is 1.56. The Labute approximate surface area is 100 Å². The van der Waals surface area contributed by atoms with E-state index in [1.807, 2.05) is 31.4 Å². The number of anilines is 1. The van der Waals surface area contributed by atoms with Gasteiger partial charge in [-0.15, -0.1) is 0 Å². The van der Waals surface area contributed by atoms with Gasteiger partial charge in [-0.1, -0.05) is 6.07 Å². The second kappa shape index (κ2) is 6.41. The molecule has 0 heterocycles. The SMILES string of the molecule is CSC(CO)C(C)Nc1cccc(C#N)c1. The average molecular weight is 236 g/mol. The molecule has 1 aromatic rings. The number of aliphatic hydroxyl groups excluding tert-OH is 1. The lowest BCUT2D eigenvalue weighted by Gasteiger charge is -2.22. The quantitative estimate of drug-likeness (QED) is 0.822. The van der Waals surface area contributed by atoms with Gasteiger partial charge in [0, 0.05) is 17.0 Å². The molecule has 0 saturated heterocycles. The lowest BCUT2D eigenvalue weighted by atomic mass is 10.2. The van der Waals surface area contributed by atoms with Gasteiger partial charge in [-0.25, -0.2) is 0 Å². The van der Waals surface area contributed by atoms with Gasteiger partial charge in [0.2, 0.25) is 0 Å². The van der Waals surface area contributed by atoms with E-state index in [2.05, 4.69) is 11.4 Å². The fourth-order valence-corrected chi connectivity index (χ4v) is 2.10. The van der Waals surface area contributed by atoms with Crippen molar-refractivity contribution in [3.05, 3.63) is 29.8 Å². The molecule has 0 bridgehead atoms. The van der Waals surface area contributed by atoms with Gasteiger partial charge < -0.3 is 10.4 Å². The Kier molecular flexibility index (Phi) is 5.17. The van der Waals surface area contributed by atoms with Gasteiger partial charge in [0.15, 0.2) is 0 Å². The van der Waals surface area contributed by atoms with Crippen molar-refractivity contribution in [1.29, 1.82) is 5.26 Å². The number of nitriles is 1. The Morgan fingerprint density at radius 1 is 1.56 bits per heavy atom. The van der Waals surface area contributed by atoms with Gasteiger partial charge in [-0.05, 0) is 31.4 Å².